The fourth-order valence-corrected chi connectivity index (χ4v) is 3.91. The number of aromatic nitrogens is 5. The summed E-state index contributed by atoms with van der Waals surface area (Å²) in [6, 6.07) is 18.7. The third kappa shape index (κ3) is 4.88. The van der Waals surface area contributed by atoms with Crippen LogP contribution in [0.15, 0.2) is 72.9 Å². The highest BCUT2D eigenvalue weighted by Gasteiger charge is 2.36. The number of ether oxygens (including phenoxy) is 1. The minimum atomic E-state index is -4.73. The monoisotopic (exact) mass is 506 g/mol. The van der Waals surface area contributed by atoms with Gasteiger partial charge in [0.15, 0.2) is 17.2 Å². The maximum absolute atomic E-state index is 13.9. The van der Waals surface area contributed by atoms with Crippen molar-refractivity contribution in [2.45, 2.75) is 19.6 Å². The SMILES string of the molecule is COc1ccc(-c2cc(C(F)(F)F)n3ncc(C(=O)Nc4cc(C)n(Cc5ccccc5)n4)c3n2)cc1. The van der Waals surface area contributed by atoms with Crippen LogP contribution in [0.1, 0.15) is 27.3 Å². The number of fused-ring (bicyclic) bond motifs is 1. The molecule has 0 bridgehead atoms. The topological polar surface area (TPSA) is 86.3 Å². The molecular weight excluding hydrogens is 485 g/mol. The van der Waals surface area contributed by atoms with Gasteiger partial charge in [-0.05, 0) is 42.8 Å². The summed E-state index contributed by atoms with van der Waals surface area (Å²) in [4.78, 5) is 17.5. The highest BCUT2D eigenvalue weighted by Crippen LogP contribution is 2.33. The number of alkyl halides is 3. The number of nitrogens with one attached hydrogen (secondary N) is 1. The average molecular weight is 506 g/mol. The van der Waals surface area contributed by atoms with Gasteiger partial charge in [0.05, 0.1) is 25.5 Å². The van der Waals surface area contributed by atoms with Crippen LogP contribution in [0.5, 0.6) is 5.75 Å². The van der Waals surface area contributed by atoms with E-state index in [-0.39, 0.29) is 22.7 Å². The molecule has 0 aliphatic heterocycles. The Balaban J connectivity index is 1.49. The van der Waals surface area contributed by atoms with E-state index >= 15 is 0 Å². The molecule has 5 aromatic rings. The van der Waals surface area contributed by atoms with Crippen LogP contribution in [0, 0.1) is 6.92 Å². The molecule has 0 fully saturated rings. The number of nitrogens with zero attached hydrogens (tertiary/aromatic N) is 5. The van der Waals surface area contributed by atoms with E-state index in [1.165, 1.54) is 7.11 Å². The van der Waals surface area contributed by atoms with Crippen molar-refractivity contribution in [3.05, 3.63) is 95.4 Å². The third-order valence-corrected chi connectivity index (χ3v) is 5.79. The smallest absolute Gasteiger partial charge is 0.433 e. The number of hydrogen-bond donors (Lipinski definition) is 1. The van der Waals surface area contributed by atoms with Crippen LogP contribution >= 0.6 is 0 Å². The van der Waals surface area contributed by atoms with Crippen molar-refractivity contribution in [3.63, 3.8) is 0 Å². The molecule has 0 aliphatic carbocycles. The van der Waals surface area contributed by atoms with Crippen molar-refractivity contribution in [2.75, 3.05) is 12.4 Å². The van der Waals surface area contributed by atoms with Gasteiger partial charge in [-0.15, -0.1) is 0 Å². The van der Waals surface area contributed by atoms with Crippen molar-refractivity contribution in [2.24, 2.45) is 0 Å². The zero-order valence-corrected chi connectivity index (χ0v) is 19.8. The number of rotatable bonds is 6. The Morgan fingerprint density at radius 1 is 1.05 bits per heavy atom. The molecule has 0 radical (unpaired) electrons. The lowest BCUT2D eigenvalue weighted by Crippen LogP contribution is -2.16. The van der Waals surface area contributed by atoms with Gasteiger partial charge in [-0.1, -0.05) is 30.3 Å². The zero-order valence-electron chi connectivity index (χ0n) is 19.8. The predicted molar refractivity (Wildman–Crippen MR) is 130 cm³/mol. The van der Waals surface area contributed by atoms with Gasteiger partial charge in [-0.3, -0.25) is 9.48 Å². The highest BCUT2D eigenvalue weighted by molar-refractivity contribution is 6.07. The molecule has 1 amide bonds. The summed E-state index contributed by atoms with van der Waals surface area (Å²) in [5.74, 6) is 0.138. The van der Waals surface area contributed by atoms with Gasteiger partial charge in [0, 0.05) is 17.3 Å². The van der Waals surface area contributed by atoms with E-state index in [0.29, 0.717) is 22.4 Å². The summed E-state index contributed by atoms with van der Waals surface area (Å²) in [6.07, 6.45) is -3.66. The van der Waals surface area contributed by atoms with Crippen molar-refractivity contribution in [3.8, 4) is 17.0 Å². The van der Waals surface area contributed by atoms with E-state index in [9.17, 15) is 18.0 Å². The Kier molecular flexibility index (Phi) is 6.12. The molecule has 0 aliphatic rings. The lowest BCUT2D eigenvalue weighted by Gasteiger charge is -2.12. The molecule has 37 heavy (non-hydrogen) atoms. The standard InChI is InChI=1S/C26H21F3N6O2/c1-16-12-23(33-34(16)15-17-6-4-3-5-7-17)32-25(36)20-14-30-35-22(26(27,28)29)13-21(31-24(20)35)18-8-10-19(37-2)11-9-18/h3-14H,15H2,1-2H3,(H,32,33,36). The number of hydrogen-bond acceptors (Lipinski definition) is 5. The zero-order chi connectivity index (χ0) is 26.2. The van der Waals surface area contributed by atoms with Gasteiger partial charge in [-0.2, -0.15) is 23.4 Å². The molecule has 11 heteroatoms. The predicted octanol–water partition coefficient (Wildman–Crippen LogP) is 5.23. The fourth-order valence-electron chi connectivity index (χ4n) is 3.91. The molecule has 0 spiro atoms. The molecule has 0 saturated carbocycles. The van der Waals surface area contributed by atoms with Crippen LogP contribution in [0.4, 0.5) is 19.0 Å². The summed E-state index contributed by atoms with van der Waals surface area (Å²) >= 11 is 0. The highest BCUT2D eigenvalue weighted by atomic mass is 19.4. The first-order chi connectivity index (χ1) is 17.7. The molecule has 0 saturated heterocycles. The lowest BCUT2D eigenvalue weighted by molar-refractivity contribution is -0.142. The second kappa shape index (κ2) is 9.41. The van der Waals surface area contributed by atoms with Crippen molar-refractivity contribution < 1.29 is 22.7 Å². The summed E-state index contributed by atoms with van der Waals surface area (Å²) in [7, 11) is 1.49. The van der Waals surface area contributed by atoms with Gasteiger partial charge < -0.3 is 10.1 Å². The van der Waals surface area contributed by atoms with E-state index in [2.05, 4.69) is 20.5 Å². The molecule has 188 valence electrons. The summed E-state index contributed by atoms with van der Waals surface area (Å²) < 4.78 is 49.1. The normalized spacial score (nSPS) is 11.6. The molecule has 1 N–H and O–H groups in total. The van der Waals surface area contributed by atoms with Gasteiger partial charge in [0.2, 0.25) is 0 Å². The molecule has 3 aromatic heterocycles. The van der Waals surface area contributed by atoms with Crippen LogP contribution in [-0.4, -0.2) is 37.4 Å². The first-order valence-electron chi connectivity index (χ1n) is 11.2. The van der Waals surface area contributed by atoms with Gasteiger partial charge in [0.1, 0.15) is 11.3 Å². The van der Waals surface area contributed by atoms with E-state index in [0.717, 1.165) is 23.5 Å². The molecule has 0 unspecified atom stereocenters. The molecular formula is C26H21F3N6O2. The molecule has 5 rings (SSSR count). The Morgan fingerprint density at radius 2 is 1.78 bits per heavy atom. The largest absolute Gasteiger partial charge is 0.497 e. The van der Waals surface area contributed by atoms with Crippen LogP contribution in [-0.2, 0) is 12.7 Å². The van der Waals surface area contributed by atoms with E-state index in [1.54, 1.807) is 35.0 Å². The maximum atomic E-state index is 13.9. The van der Waals surface area contributed by atoms with Gasteiger partial charge in [0.25, 0.3) is 5.91 Å². The number of methoxy groups -OCH3 is 1. The number of anilines is 1. The van der Waals surface area contributed by atoms with E-state index < -0.39 is 17.8 Å². The first-order valence-corrected chi connectivity index (χ1v) is 11.2. The summed E-state index contributed by atoms with van der Waals surface area (Å²) in [5.41, 5.74) is 0.916. The lowest BCUT2D eigenvalue weighted by atomic mass is 10.1. The number of carbonyl (C=O) groups is 1. The number of benzene rings is 2. The second-order valence-corrected chi connectivity index (χ2v) is 8.31. The van der Waals surface area contributed by atoms with Gasteiger partial charge in [-0.25, -0.2) is 9.50 Å². The Labute approximate surface area is 209 Å². The molecule has 2 aromatic carbocycles. The number of aryl methyl sites for hydroxylation is 1. The molecule has 3 heterocycles. The third-order valence-electron chi connectivity index (χ3n) is 5.79. The average Bonchev–Trinajstić information content (AvgIpc) is 3.46. The first kappa shape index (κ1) is 24.0. The molecule has 0 atom stereocenters. The van der Waals surface area contributed by atoms with Crippen molar-refractivity contribution in [1.82, 2.24) is 24.4 Å². The Hall–Kier alpha value is -4.67. The Bertz CT molecular complexity index is 1570. The summed E-state index contributed by atoms with van der Waals surface area (Å²) in [5, 5.41) is 10.9. The quantitative estimate of drug-likeness (QED) is 0.341. The van der Waals surface area contributed by atoms with E-state index in [1.807, 2.05) is 37.3 Å². The summed E-state index contributed by atoms with van der Waals surface area (Å²) in [6.45, 7) is 2.35. The number of carbonyl (C=O) groups excluding carboxylic acids is 1. The number of halogens is 3. The minimum Gasteiger partial charge on any atom is -0.497 e. The Morgan fingerprint density at radius 3 is 2.46 bits per heavy atom. The van der Waals surface area contributed by atoms with Crippen LogP contribution in [0.2, 0.25) is 0 Å². The van der Waals surface area contributed by atoms with Crippen LogP contribution < -0.4 is 10.1 Å². The molecule has 8 nitrogen and oxygen atoms in total. The van der Waals surface area contributed by atoms with Crippen LogP contribution in [0.25, 0.3) is 16.9 Å². The van der Waals surface area contributed by atoms with E-state index in [4.69, 9.17) is 4.74 Å². The minimum absolute atomic E-state index is 0.0417. The van der Waals surface area contributed by atoms with Crippen molar-refractivity contribution >= 4 is 17.4 Å². The fraction of sp³-hybridized carbons (Fsp3) is 0.154. The van der Waals surface area contributed by atoms with Crippen molar-refractivity contribution in [1.29, 1.82) is 0 Å². The van der Waals surface area contributed by atoms with Gasteiger partial charge >= 0.3 is 6.18 Å². The second-order valence-electron chi connectivity index (χ2n) is 8.31. The maximum Gasteiger partial charge on any atom is 0.433 e. The number of amides is 1. The van der Waals surface area contributed by atoms with Crippen LogP contribution in [0.3, 0.4) is 0 Å².